The maximum atomic E-state index is 11.9. The molecule has 0 saturated heterocycles. The summed E-state index contributed by atoms with van der Waals surface area (Å²) in [4.78, 5) is 11.9. The molecule has 1 aliphatic carbocycles. The molecular formula is C10H14N2OS. The summed E-state index contributed by atoms with van der Waals surface area (Å²) in [6.45, 7) is 0. The van der Waals surface area contributed by atoms with Crippen LogP contribution in [0.25, 0.3) is 0 Å². The van der Waals surface area contributed by atoms with Gasteiger partial charge in [0.1, 0.15) is 5.69 Å². The van der Waals surface area contributed by atoms with E-state index >= 15 is 0 Å². The van der Waals surface area contributed by atoms with Gasteiger partial charge in [-0.25, -0.2) is 0 Å². The van der Waals surface area contributed by atoms with Gasteiger partial charge in [0.25, 0.3) is 0 Å². The van der Waals surface area contributed by atoms with Crippen molar-refractivity contribution in [2.75, 3.05) is 0 Å². The van der Waals surface area contributed by atoms with Gasteiger partial charge in [-0.2, -0.15) is 4.37 Å². The van der Waals surface area contributed by atoms with Gasteiger partial charge < -0.3 is 5.73 Å². The minimum Gasteiger partial charge on any atom is -0.328 e. The van der Waals surface area contributed by atoms with Crippen LogP contribution in [0, 0.1) is 5.92 Å². The zero-order chi connectivity index (χ0) is 9.97. The standard InChI is InChI=1S/C10H14N2OS/c11-8-3-1-7(2-4-8)10(13)9-5-6-14-12-9/h5-8H,1-4,11H2. The molecule has 2 rings (SSSR count). The minimum absolute atomic E-state index is 0.164. The topological polar surface area (TPSA) is 56.0 Å². The summed E-state index contributed by atoms with van der Waals surface area (Å²) in [5.74, 6) is 0.370. The maximum absolute atomic E-state index is 11.9. The third-order valence-electron chi connectivity index (χ3n) is 2.83. The summed E-state index contributed by atoms with van der Waals surface area (Å²) < 4.78 is 4.07. The molecule has 1 saturated carbocycles. The number of carbonyl (C=O) groups excluding carboxylic acids is 1. The van der Waals surface area contributed by atoms with Gasteiger partial charge in [-0.1, -0.05) is 0 Å². The van der Waals surface area contributed by atoms with Crippen LogP contribution >= 0.6 is 11.5 Å². The van der Waals surface area contributed by atoms with E-state index in [0.29, 0.717) is 11.7 Å². The number of nitrogens with two attached hydrogens (primary N) is 1. The number of nitrogens with zero attached hydrogens (tertiary/aromatic N) is 1. The van der Waals surface area contributed by atoms with E-state index in [4.69, 9.17) is 5.73 Å². The van der Waals surface area contributed by atoms with Crippen LogP contribution in [0.3, 0.4) is 0 Å². The Kier molecular flexibility index (Phi) is 2.93. The fraction of sp³-hybridized carbons (Fsp3) is 0.600. The predicted molar refractivity (Wildman–Crippen MR) is 56.4 cm³/mol. The van der Waals surface area contributed by atoms with Crippen molar-refractivity contribution in [3.8, 4) is 0 Å². The summed E-state index contributed by atoms with van der Waals surface area (Å²) in [7, 11) is 0. The average molecular weight is 210 g/mol. The van der Waals surface area contributed by atoms with Gasteiger partial charge in [0, 0.05) is 17.3 Å². The van der Waals surface area contributed by atoms with E-state index in [1.807, 2.05) is 11.4 Å². The van der Waals surface area contributed by atoms with Crippen molar-refractivity contribution in [1.29, 1.82) is 0 Å². The molecule has 0 bridgehead atoms. The molecule has 0 spiro atoms. The number of Topliss-reactive ketones (excluding diaryl/α,β-unsaturated/α-hetero) is 1. The van der Waals surface area contributed by atoms with Crippen molar-refractivity contribution < 1.29 is 4.79 Å². The Labute approximate surface area is 87.5 Å². The van der Waals surface area contributed by atoms with Crippen LogP contribution in [0.5, 0.6) is 0 Å². The zero-order valence-corrected chi connectivity index (χ0v) is 8.80. The third-order valence-corrected chi connectivity index (χ3v) is 3.39. The van der Waals surface area contributed by atoms with Crippen molar-refractivity contribution in [2.45, 2.75) is 31.7 Å². The first-order chi connectivity index (χ1) is 6.77. The van der Waals surface area contributed by atoms with Crippen LogP contribution in [0.2, 0.25) is 0 Å². The van der Waals surface area contributed by atoms with Gasteiger partial charge >= 0.3 is 0 Å². The number of rotatable bonds is 2. The van der Waals surface area contributed by atoms with E-state index < -0.39 is 0 Å². The summed E-state index contributed by atoms with van der Waals surface area (Å²) >= 11 is 1.34. The highest BCUT2D eigenvalue weighted by Crippen LogP contribution is 2.26. The highest BCUT2D eigenvalue weighted by atomic mass is 32.1. The van der Waals surface area contributed by atoms with Crippen LogP contribution in [0.4, 0.5) is 0 Å². The Morgan fingerprint density at radius 2 is 2.14 bits per heavy atom. The first-order valence-corrected chi connectivity index (χ1v) is 5.81. The van der Waals surface area contributed by atoms with Gasteiger partial charge in [-0.15, -0.1) is 0 Å². The molecule has 0 unspecified atom stereocenters. The second-order valence-corrected chi connectivity index (χ2v) is 4.53. The predicted octanol–water partition coefficient (Wildman–Crippen LogP) is 1.84. The molecule has 1 fully saturated rings. The number of carbonyl (C=O) groups is 1. The molecule has 1 aliphatic rings. The number of hydrogen-bond donors (Lipinski definition) is 1. The Morgan fingerprint density at radius 1 is 1.43 bits per heavy atom. The lowest BCUT2D eigenvalue weighted by Crippen LogP contribution is -2.29. The van der Waals surface area contributed by atoms with E-state index in [9.17, 15) is 4.79 Å². The summed E-state index contributed by atoms with van der Waals surface area (Å²) in [5.41, 5.74) is 6.43. The van der Waals surface area contributed by atoms with Gasteiger partial charge in [0.2, 0.25) is 0 Å². The molecule has 4 heteroatoms. The van der Waals surface area contributed by atoms with Crippen LogP contribution in [0.1, 0.15) is 36.2 Å². The van der Waals surface area contributed by atoms with Crippen molar-refractivity contribution >= 4 is 17.3 Å². The smallest absolute Gasteiger partial charge is 0.185 e. The second-order valence-electron chi connectivity index (χ2n) is 3.86. The maximum Gasteiger partial charge on any atom is 0.185 e. The fourth-order valence-corrected chi connectivity index (χ4v) is 2.45. The average Bonchev–Trinajstić information content (AvgIpc) is 2.71. The van der Waals surface area contributed by atoms with Crippen LogP contribution in [0.15, 0.2) is 11.4 Å². The largest absolute Gasteiger partial charge is 0.328 e. The Morgan fingerprint density at radius 3 is 2.71 bits per heavy atom. The van der Waals surface area contributed by atoms with Crippen molar-refractivity contribution in [2.24, 2.45) is 11.7 Å². The lowest BCUT2D eigenvalue weighted by molar-refractivity contribution is 0.0880. The van der Waals surface area contributed by atoms with Crippen molar-refractivity contribution in [3.63, 3.8) is 0 Å². The van der Waals surface area contributed by atoms with Crippen molar-refractivity contribution in [3.05, 3.63) is 17.1 Å². The monoisotopic (exact) mass is 210 g/mol. The van der Waals surface area contributed by atoms with E-state index in [2.05, 4.69) is 4.37 Å². The Hall–Kier alpha value is -0.740. The van der Waals surface area contributed by atoms with E-state index in [1.165, 1.54) is 11.5 Å². The van der Waals surface area contributed by atoms with Gasteiger partial charge in [0.05, 0.1) is 0 Å². The number of hydrogen-bond acceptors (Lipinski definition) is 4. The van der Waals surface area contributed by atoms with Crippen LogP contribution < -0.4 is 5.73 Å². The number of aromatic nitrogens is 1. The highest BCUT2D eigenvalue weighted by molar-refractivity contribution is 7.03. The van der Waals surface area contributed by atoms with Gasteiger partial charge in [-0.3, -0.25) is 4.79 Å². The molecule has 0 amide bonds. The highest BCUT2D eigenvalue weighted by Gasteiger charge is 2.26. The summed E-state index contributed by atoms with van der Waals surface area (Å²) in [6, 6.07) is 2.11. The molecule has 0 aliphatic heterocycles. The summed E-state index contributed by atoms with van der Waals surface area (Å²) in [6.07, 6.45) is 3.80. The SMILES string of the molecule is NC1CCC(C(=O)c2ccsn2)CC1. The lowest BCUT2D eigenvalue weighted by atomic mass is 9.83. The van der Waals surface area contributed by atoms with E-state index in [-0.39, 0.29) is 11.7 Å². The molecule has 0 radical (unpaired) electrons. The molecular weight excluding hydrogens is 196 g/mol. The second kappa shape index (κ2) is 4.19. The molecule has 76 valence electrons. The number of ketones is 1. The van der Waals surface area contributed by atoms with Gasteiger partial charge in [0.15, 0.2) is 5.78 Å². The summed E-state index contributed by atoms with van der Waals surface area (Å²) in [5, 5.41) is 1.85. The molecule has 14 heavy (non-hydrogen) atoms. The van der Waals surface area contributed by atoms with E-state index in [1.54, 1.807) is 0 Å². The third kappa shape index (κ3) is 2.01. The molecule has 0 aromatic carbocycles. The first kappa shape index (κ1) is 9.80. The molecule has 1 aromatic rings. The lowest BCUT2D eigenvalue weighted by Gasteiger charge is -2.24. The van der Waals surface area contributed by atoms with Crippen LogP contribution in [-0.4, -0.2) is 16.2 Å². The molecule has 2 N–H and O–H groups in total. The van der Waals surface area contributed by atoms with E-state index in [0.717, 1.165) is 25.7 Å². The first-order valence-electron chi connectivity index (χ1n) is 4.97. The van der Waals surface area contributed by atoms with Gasteiger partial charge in [-0.05, 0) is 43.3 Å². The van der Waals surface area contributed by atoms with Crippen LogP contribution in [-0.2, 0) is 0 Å². The molecule has 1 aromatic heterocycles. The quantitative estimate of drug-likeness (QED) is 0.758. The Balaban J connectivity index is 1.99. The minimum atomic E-state index is 0.164. The fourth-order valence-electron chi connectivity index (χ4n) is 1.93. The van der Waals surface area contributed by atoms with Crippen molar-refractivity contribution in [1.82, 2.24) is 4.37 Å². The zero-order valence-electron chi connectivity index (χ0n) is 7.98. The molecule has 0 atom stereocenters. The molecule has 1 heterocycles. The Bertz CT molecular complexity index is 302. The normalized spacial score (nSPS) is 27.5. The molecule has 3 nitrogen and oxygen atoms in total.